The van der Waals surface area contributed by atoms with E-state index in [9.17, 15) is 9.90 Å². The predicted molar refractivity (Wildman–Crippen MR) is 95.3 cm³/mol. The number of nitrogens with zero attached hydrogens (tertiary/aromatic N) is 3. The summed E-state index contributed by atoms with van der Waals surface area (Å²) in [7, 11) is 0. The first-order valence-electron chi connectivity index (χ1n) is 7.81. The third-order valence-corrected chi connectivity index (χ3v) is 3.79. The Hall–Kier alpha value is -3.25. The van der Waals surface area contributed by atoms with Crippen LogP contribution in [0.2, 0.25) is 0 Å². The Morgan fingerprint density at radius 3 is 2.52 bits per heavy atom. The molecule has 1 aromatic heterocycles. The number of aliphatic hydroxyl groups excluding tert-OH is 1. The smallest absolute Gasteiger partial charge is 0.273 e. The molecular weight excluding hydrogens is 316 g/mol. The van der Waals surface area contributed by atoms with Crippen LogP contribution in [0.4, 0.5) is 0 Å². The summed E-state index contributed by atoms with van der Waals surface area (Å²) in [5.74, 6) is -0.569. The molecule has 6 heteroatoms. The lowest BCUT2D eigenvalue weighted by molar-refractivity contribution is -0.129. The lowest BCUT2D eigenvalue weighted by Gasteiger charge is -2.10. The molecule has 0 saturated carbocycles. The number of hydrogen-bond acceptors (Lipinski definition) is 4. The van der Waals surface area contributed by atoms with Crippen molar-refractivity contribution in [1.82, 2.24) is 15.0 Å². The van der Waals surface area contributed by atoms with E-state index in [4.69, 9.17) is 0 Å². The van der Waals surface area contributed by atoms with Gasteiger partial charge in [0.15, 0.2) is 6.10 Å². The molecule has 0 radical (unpaired) electrons. The van der Waals surface area contributed by atoms with E-state index in [1.165, 1.54) is 0 Å². The number of amides is 1. The van der Waals surface area contributed by atoms with Gasteiger partial charge in [0.2, 0.25) is 0 Å². The van der Waals surface area contributed by atoms with Gasteiger partial charge in [0.1, 0.15) is 0 Å². The Morgan fingerprint density at radius 1 is 1.16 bits per heavy atom. The van der Waals surface area contributed by atoms with Crippen molar-refractivity contribution in [2.45, 2.75) is 13.0 Å². The van der Waals surface area contributed by atoms with Crippen LogP contribution in [-0.4, -0.2) is 26.3 Å². The van der Waals surface area contributed by atoms with E-state index >= 15 is 0 Å². The van der Waals surface area contributed by atoms with Gasteiger partial charge in [-0.2, -0.15) is 5.10 Å². The average Bonchev–Trinajstić information content (AvgIpc) is 3.21. The molecular formula is C19H18N4O2. The number of nitrogens with one attached hydrogen (secondary N) is 1. The molecule has 3 rings (SSSR count). The van der Waals surface area contributed by atoms with Crippen molar-refractivity contribution in [2.75, 3.05) is 0 Å². The van der Waals surface area contributed by atoms with E-state index in [0.717, 1.165) is 11.3 Å². The topological polar surface area (TPSA) is 79.5 Å². The average molecular weight is 334 g/mol. The maximum Gasteiger partial charge on any atom is 0.273 e. The molecule has 25 heavy (non-hydrogen) atoms. The number of aliphatic hydroxyl groups is 1. The van der Waals surface area contributed by atoms with E-state index in [1.54, 1.807) is 43.7 Å². The molecule has 0 aliphatic heterocycles. The predicted octanol–water partition coefficient (Wildman–Crippen LogP) is 2.45. The number of benzene rings is 2. The number of rotatable bonds is 5. The molecule has 2 N–H and O–H groups in total. The number of carbonyl (C=O) groups excluding carboxylic acids is 1. The molecule has 0 aliphatic rings. The fourth-order valence-corrected chi connectivity index (χ4v) is 2.34. The summed E-state index contributed by atoms with van der Waals surface area (Å²) in [6.07, 6.45) is 4.05. The maximum atomic E-state index is 12.0. The van der Waals surface area contributed by atoms with Crippen molar-refractivity contribution in [2.24, 2.45) is 5.10 Å². The molecule has 6 nitrogen and oxygen atoms in total. The quantitative estimate of drug-likeness (QED) is 0.555. The second-order valence-corrected chi connectivity index (χ2v) is 5.50. The van der Waals surface area contributed by atoms with Crippen LogP contribution in [0.1, 0.15) is 24.2 Å². The molecule has 1 heterocycles. The Labute approximate surface area is 145 Å². The van der Waals surface area contributed by atoms with Crippen molar-refractivity contribution in [3.63, 3.8) is 0 Å². The van der Waals surface area contributed by atoms with E-state index in [-0.39, 0.29) is 0 Å². The van der Waals surface area contributed by atoms with Crippen molar-refractivity contribution in [3.8, 4) is 5.69 Å². The summed E-state index contributed by atoms with van der Waals surface area (Å²) >= 11 is 0. The molecule has 1 amide bonds. The summed E-state index contributed by atoms with van der Waals surface area (Å²) in [6.45, 7) is 1.79. The minimum atomic E-state index is -1.25. The van der Waals surface area contributed by atoms with Crippen molar-refractivity contribution in [3.05, 3.63) is 84.4 Å². The van der Waals surface area contributed by atoms with Crippen LogP contribution < -0.4 is 5.43 Å². The molecule has 0 aliphatic carbocycles. The van der Waals surface area contributed by atoms with Crippen LogP contribution in [0.3, 0.4) is 0 Å². The zero-order chi connectivity index (χ0) is 17.6. The second kappa shape index (κ2) is 7.55. The Kier molecular flexibility index (Phi) is 5.01. The van der Waals surface area contributed by atoms with Gasteiger partial charge in [-0.25, -0.2) is 10.4 Å². The fraction of sp³-hybridized carbons (Fsp3) is 0.105. The van der Waals surface area contributed by atoms with Gasteiger partial charge in [0, 0.05) is 18.1 Å². The molecule has 0 bridgehead atoms. The van der Waals surface area contributed by atoms with Gasteiger partial charge in [-0.05, 0) is 30.2 Å². The van der Waals surface area contributed by atoms with Crippen LogP contribution >= 0.6 is 0 Å². The molecule has 126 valence electrons. The number of hydrazone groups is 1. The number of hydrogen-bond donors (Lipinski definition) is 2. The minimum Gasteiger partial charge on any atom is -0.378 e. The normalized spacial score (nSPS) is 12.6. The fourth-order valence-electron chi connectivity index (χ4n) is 2.34. The lowest BCUT2D eigenvalue weighted by Crippen LogP contribution is -2.26. The molecule has 1 atom stereocenters. The van der Waals surface area contributed by atoms with Gasteiger partial charge in [0.25, 0.3) is 5.91 Å². The van der Waals surface area contributed by atoms with Crippen molar-refractivity contribution in [1.29, 1.82) is 0 Å². The van der Waals surface area contributed by atoms with Gasteiger partial charge >= 0.3 is 0 Å². The molecule has 0 saturated heterocycles. The molecule has 1 unspecified atom stereocenters. The van der Waals surface area contributed by atoms with Crippen LogP contribution in [-0.2, 0) is 4.79 Å². The molecule has 3 aromatic rings. The van der Waals surface area contributed by atoms with Crippen LogP contribution in [0.15, 0.2) is 78.4 Å². The Bertz CT molecular complexity index is 856. The third-order valence-electron chi connectivity index (χ3n) is 3.79. The lowest BCUT2D eigenvalue weighted by atomic mass is 10.1. The Morgan fingerprint density at radius 2 is 1.88 bits per heavy atom. The molecule has 0 fully saturated rings. The summed E-state index contributed by atoms with van der Waals surface area (Å²) in [4.78, 5) is 16.0. The third kappa shape index (κ3) is 3.99. The first-order valence-corrected chi connectivity index (χ1v) is 7.81. The highest BCUT2D eigenvalue weighted by Gasteiger charge is 2.16. The van der Waals surface area contributed by atoms with Crippen molar-refractivity contribution < 1.29 is 9.90 Å². The summed E-state index contributed by atoms with van der Waals surface area (Å²) in [5.41, 5.74) is 5.43. The number of carbonyl (C=O) groups is 1. The van der Waals surface area contributed by atoms with Gasteiger partial charge in [-0.15, -0.1) is 0 Å². The van der Waals surface area contributed by atoms with Crippen LogP contribution in [0.5, 0.6) is 0 Å². The van der Waals surface area contributed by atoms with E-state index < -0.39 is 12.0 Å². The zero-order valence-corrected chi connectivity index (χ0v) is 13.7. The minimum absolute atomic E-state index is 0.525. The van der Waals surface area contributed by atoms with Gasteiger partial charge < -0.3 is 9.67 Å². The monoisotopic (exact) mass is 334 g/mol. The highest BCUT2D eigenvalue weighted by atomic mass is 16.3. The first kappa shape index (κ1) is 16.6. The SMILES string of the molecule is CC(=NNC(=O)C(O)c1ccccc1)c1ccc(-n2ccnc2)cc1. The highest BCUT2D eigenvalue weighted by Crippen LogP contribution is 2.12. The summed E-state index contributed by atoms with van der Waals surface area (Å²) < 4.78 is 1.90. The summed E-state index contributed by atoms with van der Waals surface area (Å²) in [6, 6.07) is 16.4. The van der Waals surface area contributed by atoms with E-state index in [2.05, 4.69) is 15.5 Å². The second-order valence-electron chi connectivity index (χ2n) is 5.50. The van der Waals surface area contributed by atoms with Crippen LogP contribution in [0, 0.1) is 0 Å². The molecule has 0 spiro atoms. The summed E-state index contributed by atoms with van der Waals surface area (Å²) in [5, 5.41) is 14.1. The largest absolute Gasteiger partial charge is 0.378 e. The van der Waals surface area contributed by atoms with Crippen LogP contribution in [0.25, 0.3) is 5.69 Å². The highest BCUT2D eigenvalue weighted by molar-refractivity contribution is 5.99. The number of imidazole rings is 1. The Balaban J connectivity index is 1.66. The molecule has 2 aromatic carbocycles. The van der Waals surface area contributed by atoms with E-state index in [1.807, 2.05) is 41.1 Å². The number of aromatic nitrogens is 2. The van der Waals surface area contributed by atoms with Gasteiger partial charge in [-0.3, -0.25) is 4.79 Å². The van der Waals surface area contributed by atoms with E-state index in [0.29, 0.717) is 11.3 Å². The first-order chi connectivity index (χ1) is 12.1. The van der Waals surface area contributed by atoms with Gasteiger partial charge in [0.05, 0.1) is 12.0 Å². The van der Waals surface area contributed by atoms with Gasteiger partial charge in [-0.1, -0.05) is 42.5 Å². The standard InChI is InChI=1S/C19H18N4O2/c1-14(15-7-9-17(10-8-15)23-12-11-20-13-23)21-22-19(25)18(24)16-5-3-2-4-6-16/h2-13,18,24H,1H3,(H,22,25). The van der Waals surface area contributed by atoms with Crippen molar-refractivity contribution >= 4 is 11.6 Å². The maximum absolute atomic E-state index is 12.0. The zero-order valence-electron chi connectivity index (χ0n) is 13.7.